The number of sulfonamides is 1. The van der Waals surface area contributed by atoms with Crippen molar-refractivity contribution in [3.8, 4) is 0 Å². The van der Waals surface area contributed by atoms with Crippen LogP contribution in [0.2, 0.25) is 0 Å². The largest absolute Gasteiger partial charge is 0.355 e. The van der Waals surface area contributed by atoms with Crippen LogP contribution < -0.4 is 4.90 Å². The Morgan fingerprint density at radius 3 is 2.71 bits per heavy atom. The normalized spacial score (nSPS) is 23.6. The molecule has 1 saturated carbocycles. The van der Waals surface area contributed by atoms with Gasteiger partial charge in [-0.15, -0.1) is 0 Å². The molecule has 1 aliphatic carbocycles. The van der Waals surface area contributed by atoms with Crippen molar-refractivity contribution in [3.63, 3.8) is 0 Å². The van der Waals surface area contributed by atoms with Crippen LogP contribution in [-0.4, -0.2) is 54.1 Å². The predicted molar refractivity (Wildman–Crippen MR) is 81.7 cm³/mol. The quantitative estimate of drug-likeness (QED) is 0.835. The SMILES string of the molecule is Cc1cc(N2CCCC(N(C)S(=O)(=O)C3CC3)C2)ncn1. The first-order valence-electron chi connectivity index (χ1n) is 7.49. The average molecular weight is 310 g/mol. The van der Waals surface area contributed by atoms with Gasteiger partial charge in [0.2, 0.25) is 10.0 Å². The lowest BCUT2D eigenvalue weighted by atomic mass is 10.1. The number of hydrogen-bond acceptors (Lipinski definition) is 5. The van der Waals surface area contributed by atoms with Crippen LogP contribution >= 0.6 is 0 Å². The van der Waals surface area contributed by atoms with Gasteiger partial charge in [0.1, 0.15) is 12.1 Å². The summed E-state index contributed by atoms with van der Waals surface area (Å²) in [5.74, 6) is 0.893. The third-order valence-electron chi connectivity index (χ3n) is 4.37. The highest BCUT2D eigenvalue weighted by Crippen LogP contribution is 2.32. The van der Waals surface area contributed by atoms with Crippen LogP contribution in [-0.2, 0) is 10.0 Å². The zero-order valence-electron chi connectivity index (χ0n) is 12.6. The average Bonchev–Trinajstić information content (AvgIpc) is 3.31. The van der Waals surface area contributed by atoms with E-state index in [0.717, 1.165) is 43.7 Å². The van der Waals surface area contributed by atoms with Crippen molar-refractivity contribution >= 4 is 15.8 Å². The topological polar surface area (TPSA) is 66.4 Å². The Morgan fingerprint density at radius 1 is 1.29 bits per heavy atom. The minimum atomic E-state index is -3.11. The third-order valence-corrected chi connectivity index (χ3v) is 6.79. The Hall–Kier alpha value is -1.21. The molecule has 6 nitrogen and oxygen atoms in total. The fourth-order valence-electron chi connectivity index (χ4n) is 2.88. The van der Waals surface area contributed by atoms with Crippen LogP contribution in [0.1, 0.15) is 31.4 Å². The molecule has 2 aliphatic rings. The summed E-state index contributed by atoms with van der Waals surface area (Å²) in [5.41, 5.74) is 0.932. The molecule has 1 aromatic rings. The van der Waals surface area contributed by atoms with Crippen molar-refractivity contribution in [2.24, 2.45) is 0 Å². The van der Waals surface area contributed by atoms with Crippen LogP contribution in [0.5, 0.6) is 0 Å². The summed E-state index contributed by atoms with van der Waals surface area (Å²) < 4.78 is 26.3. The molecule has 116 valence electrons. The molecule has 21 heavy (non-hydrogen) atoms. The van der Waals surface area contributed by atoms with Crippen molar-refractivity contribution in [2.75, 3.05) is 25.0 Å². The Bertz CT molecular complexity index is 615. The van der Waals surface area contributed by atoms with E-state index < -0.39 is 10.0 Å². The molecule has 0 N–H and O–H groups in total. The lowest BCUT2D eigenvalue weighted by Gasteiger charge is -2.37. The fraction of sp³-hybridized carbons (Fsp3) is 0.714. The lowest BCUT2D eigenvalue weighted by Crippen LogP contribution is -2.49. The second-order valence-corrected chi connectivity index (χ2v) is 8.29. The lowest BCUT2D eigenvalue weighted by molar-refractivity contribution is 0.319. The van der Waals surface area contributed by atoms with E-state index in [2.05, 4.69) is 14.9 Å². The summed E-state index contributed by atoms with van der Waals surface area (Å²) in [5, 5.41) is -0.140. The van der Waals surface area contributed by atoms with E-state index >= 15 is 0 Å². The summed E-state index contributed by atoms with van der Waals surface area (Å²) in [6.07, 6.45) is 5.10. The van der Waals surface area contributed by atoms with Gasteiger partial charge < -0.3 is 4.90 Å². The van der Waals surface area contributed by atoms with E-state index in [1.807, 2.05) is 13.0 Å². The zero-order chi connectivity index (χ0) is 15.0. The number of rotatable bonds is 4. The number of aryl methyl sites for hydroxylation is 1. The van der Waals surface area contributed by atoms with Crippen LogP contribution in [0, 0.1) is 6.92 Å². The van der Waals surface area contributed by atoms with Crippen molar-refractivity contribution in [3.05, 3.63) is 18.1 Å². The van der Waals surface area contributed by atoms with Gasteiger partial charge in [-0.2, -0.15) is 4.31 Å². The van der Waals surface area contributed by atoms with Gasteiger partial charge in [0.05, 0.1) is 5.25 Å². The zero-order valence-corrected chi connectivity index (χ0v) is 13.4. The Kier molecular flexibility index (Phi) is 3.88. The van der Waals surface area contributed by atoms with E-state index in [0.29, 0.717) is 6.54 Å². The third kappa shape index (κ3) is 3.03. The smallest absolute Gasteiger partial charge is 0.217 e. The molecule has 1 aliphatic heterocycles. The van der Waals surface area contributed by atoms with Gasteiger partial charge in [-0.3, -0.25) is 0 Å². The van der Waals surface area contributed by atoms with E-state index in [9.17, 15) is 8.42 Å². The number of likely N-dealkylation sites (N-methyl/N-ethyl adjacent to an activating group) is 1. The minimum Gasteiger partial charge on any atom is -0.355 e. The van der Waals surface area contributed by atoms with Crippen LogP contribution in [0.15, 0.2) is 12.4 Å². The predicted octanol–water partition coefficient (Wildman–Crippen LogP) is 1.18. The standard InChI is InChI=1S/C14H22N4O2S/c1-11-8-14(16-10-15-11)18-7-3-4-12(9-18)17(2)21(19,20)13-5-6-13/h8,10,12-13H,3-7,9H2,1-2H3. The van der Waals surface area contributed by atoms with Crippen molar-refractivity contribution in [1.82, 2.24) is 14.3 Å². The van der Waals surface area contributed by atoms with Gasteiger partial charge >= 0.3 is 0 Å². The van der Waals surface area contributed by atoms with Gasteiger partial charge in [0, 0.05) is 37.9 Å². The molecule has 7 heteroatoms. The first kappa shape index (κ1) is 14.7. The summed E-state index contributed by atoms with van der Waals surface area (Å²) in [6, 6.07) is 2.00. The fourth-order valence-corrected chi connectivity index (χ4v) is 4.67. The summed E-state index contributed by atoms with van der Waals surface area (Å²) in [6.45, 7) is 3.57. The first-order valence-corrected chi connectivity index (χ1v) is 8.99. The molecule has 2 fully saturated rings. The Morgan fingerprint density at radius 2 is 2.05 bits per heavy atom. The molecule has 0 amide bonds. The molecule has 0 radical (unpaired) electrons. The minimum absolute atomic E-state index is 0.0413. The maximum atomic E-state index is 12.4. The Labute approximate surface area is 126 Å². The molecule has 1 aromatic heterocycles. The Balaban J connectivity index is 1.74. The summed E-state index contributed by atoms with van der Waals surface area (Å²) >= 11 is 0. The van der Waals surface area contributed by atoms with E-state index in [4.69, 9.17) is 0 Å². The van der Waals surface area contributed by atoms with Crippen molar-refractivity contribution < 1.29 is 8.42 Å². The van der Waals surface area contributed by atoms with Crippen LogP contribution in [0.3, 0.4) is 0 Å². The van der Waals surface area contributed by atoms with Gasteiger partial charge in [0.25, 0.3) is 0 Å². The number of anilines is 1. The molecule has 0 spiro atoms. The molecular formula is C14H22N4O2S. The number of nitrogens with zero attached hydrogens (tertiary/aromatic N) is 4. The molecule has 0 aromatic carbocycles. The van der Waals surface area contributed by atoms with Crippen LogP contribution in [0.4, 0.5) is 5.82 Å². The molecule has 0 bridgehead atoms. The highest BCUT2D eigenvalue weighted by atomic mass is 32.2. The molecule has 1 unspecified atom stereocenters. The summed E-state index contributed by atoms with van der Waals surface area (Å²) in [7, 11) is -1.38. The van der Waals surface area contributed by atoms with Gasteiger partial charge in [-0.1, -0.05) is 0 Å². The second kappa shape index (κ2) is 5.53. The van der Waals surface area contributed by atoms with E-state index in [-0.39, 0.29) is 11.3 Å². The number of hydrogen-bond donors (Lipinski definition) is 0. The first-order chi connectivity index (χ1) is 9.98. The molecule has 2 heterocycles. The highest BCUT2D eigenvalue weighted by Gasteiger charge is 2.41. The highest BCUT2D eigenvalue weighted by molar-refractivity contribution is 7.90. The van der Waals surface area contributed by atoms with Gasteiger partial charge in [-0.25, -0.2) is 18.4 Å². The van der Waals surface area contributed by atoms with Crippen molar-refractivity contribution in [1.29, 1.82) is 0 Å². The van der Waals surface area contributed by atoms with Crippen molar-refractivity contribution in [2.45, 2.75) is 43.9 Å². The number of piperidine rings is 1. The summed E-state index contributed by atoms with van der Waals surface area (Å²) in [4.78, 5) is 10.6. The van der Waals surface area contributed by atoms with Gasteiger partial charge in [-0.05, 0) is 32.6 Å². The van der Waals surface area contributed by atoms with E-state index in [1.165, 1.54) is 0 Å². The molecule has 1 atom stereocenters. The number of aromatic nitrogens is 2. The molecule has 3 rings (SSSR count). The monoisotopic (exact) mass is 310 g/mol. The molecular weight excluding hydrogens is 288 g/mol. The van der Waals surface area contributed by atoms with E-state index in [1.54, 1.807) is 17.7 Å². The van der Waals surface area contributed by atoms with Crippen LogP contribution in [0.25, 0.3) is 0 Å². The van der Waals surface area contributed by atoms with Gasteiger partial charge in [0.15, 0.2) is 0 Å². The molecule has 1 saturated heterocycles. The second-order valence-electron chi connectivity index (χ2n) is 6.02. The maximum absolute atomic E-state index is 12.4. The maximum Gasteiger partial charge on any atom is 0.217 e.